The topological polar surface area (TPSA) is 88.1 Å². The zero-order valence-electron chi connectivity index (χ0n) is 13.5. The molecule has 3 aromatic rings. The number of aryl methyl sites for hydroxylation is 1. The van der Waals surface area contributed by atoms with E-state index in [4.69, 9.17) is 14.0 Å². The average molecular weight is 357 g/mol. The third-order valence-electron chi connectivity index (χ3n) is 3.64. The van der Waals surface area contributed by atoms with Crippen LogP contribution in [0.15, 0.2) is 40.5 Å². The Hall–Kier alpha value is -2.81. The van der Waals surface area contributed by atoms with Crippen molar-refractivity contribution in [3.8, 4) is 22.9 Å². The highest BCUT2D eigenvalue weighted by molar-refractivity contribution is 7.98. The fraction of sp³-hybridized carbons (Fsp3) is 0.250. The van der Waals surface area contributed by atoms with E-state index in [1.54, 1.807) is 0 Å². The highest BCUT2D eigenvalue weighted by Crippen LogP contribution is 2.35. The standard InChI is InChI=1S/C16H15N5O3S/c1-3-6-21-10(2)18-19-16(21)25-8-14-17-15(20-24-14)11-4-5-12-13(7-11)23-9-22-12/h3-5,7H,1,6,8-9H2,2H3. The molecule has 0 bridgehead atoms. The largest absolute Gasteiger partial charge is 0.454 e. The molecule has 9 heteroatoms. The van der Waals surface area contributed by atoms with E-state index in [-0.39, 0.29) is 6.79 Å². The summed E-state index contributed by atoms with van der Waals surface area (Å²) in [4.78, 5) is 4.43. The first-order valence-electron chi connectivity index (χ1n) is 7.60. The van der Waals surface area contributed by atoms with Gasteiger partial charge in [-0.25, -0.2) is 0 Å². The number of ether oxygens (including phenoxy) is 2. The van der Waals surface area contributed by atoms with Crippen LogP contribution < -0.4 is 9.47 Å². The summed E-state index contributed by atoms with van der Waals surface area (Å²) in [6.45, 7) is 6.55. The molecule has 128 valence electrons. The number of thioether (sulfide) groups is 1. The molecular weight excluding hydrogens is 342 g/mol. The Morgan fingerprint density at radius 3 is 3.04 bits per heavy atom. The lowest BCUT2D eigenvalue weighted by atomic mass is 10.2. The number of benzene rings is 1. The summed E-state index contributed by atoms with van der Waals surface area (Å²) < 4.78 is 18.0. The predicted molar refractivity (Wildman–Crippen MR) is 90.4 cm³/mol. The van der Waals surface area contributed by atoms with Crippen LogP contribution in [-0.4, -0.2) is 31.7 Å². The smallest absolute Gasteiger partial charge is 0.237 e. The van der Waals surface area contributed by atoms with Crippen molar-refractivity contribution >= 4 is 11.8 Å². The molecule has 0 fully saturated rings. The first-order valence-corrected chi connectivity index (χ1v) is 8.59. The Balaban J connectivity index is 1.48. The maximum atomic E-state index is 5.37. The van der Waals surface area contributed by atoms with Gasteiger partial charge >= 0.3 is 0 Å². The Labute approximate surface area is 147 Å². The Morgan fingerprint density at radius 2 is 2.16 bits per heavy atom. The number of rotatable bonds is 6. The van der Waals surface area contributed by atoms with E-state index >= 15 is 0 Å². The van der Waals surface area contributed by atoms with Crippen LogP contribution in [0.4, 0.5) is 0 Å². The van der Waals surface area contributed by atoms with Crippen molar-refractivity contribution in [1.29, 1.82) is 0 Å². The minimum atomic E-state index is 0.234. The van der Waals surface area contributed by atoms with Gasteiger partial charge in [-0.3, -0.25) is 0 Å². The maximum absolute atomic E-state index is 5.37. The van der Waals surface area contributed by atoms with E-state index in [9.17, 15) is 0 Å². The maximum Gasteiger partial charge on any atom is 0.237 e. The highest BCUT2D eigenvalue weighted by Gasteiger charge is 2.17. The van der Waals surface area contributed by atoms with Crippen LogP contribution in [-0.2, 0) is 12.3 Å². The molecule has 25 heavy (non-hydrogen) atoms. The molecule has 0 aliphatic carbocycles. The second kappa shape index (κ2) is 6.60. The van der Waals surface area contributed by atoms with Gasteiger partial charge in [0.05, 0.1) is 5.75 Å². The zero-order chi connectivity index (χ0) is 17.2. The monoisotopic (exact) mass is 357 g/mol. The fourth-order valence-electron chi connectivity index (χ4n) is 2.40. The van der Waals surface area contributed by atoms with Crippen LogP contribution in [0.25, 0.3) is 11.4 Å². The molecular formula is C16H15N5O3S. The molecule has 0 amide bonds. The molecule has 0 spiro atoms. The molecule has 0 saturated carbocycles. The highest BCUT2D eigenvalue weighted by atomic mass is 32.2. The molecule has 2 aromatic heterocycles. The van der Waals surface area contributed by atoms with Gasteiger partial charge in [0.1, 0.15) is 5.82 Å². The number of aromatic nitrogens is 5. The van der Waals surface area contributed by atoms with Gasteiger partial charge < -0.3 is 18.6 Å². The Bertz CT molecular complexity index is 920. The van der Waals surface area contributed by atoms with E-state index < -0.39 is 0 Å². The molecule has 4 rings (SSSR count). The third kappa shape index (κ3) is 3.10. The van der Waals surface area contributed by atoms with Gasteiger partial charge in [0.2, 0.25) is 18.5 Å². The average Bonchev–Trinajstić information content (AvgIpc) is 3.34. The summed E-state index contributed by atoms with van der Waals surface area (Å²) in [5.74, 6) is 3.79. The molecule has 0 atom stereocenters. The van der Waals surface area contributed by atoms with E-state index in [1.807, 2.05) is 35.8 Å². The molecule has 0 unspecified atom stereocenters. The molecule has 8 nitrogen and oxygen atoms in total. The number of hydrogen-bond donors (Lipinski definition) is 0. The van der Waals surface area contributed by atoms with Crippen LogP contribution in [0.1, 0.15) is 11.7 Å². The third-order valence-corrected chi connectivity index (χ3v) is 4.59. The summed E-state index contributed by atoms with van der Waals surface area (Å²) in [7, 11) is 0. The lowest BCUT2D eigenvalue weighted by Gasteiger charge is -2.03. The summed E-state index contributed by atoms with van der Waals surface area (Å²) >= 11 is 1.49. The number of nitrogens with zero attached hydrogens (tertiary/aromatic N) is 5. The summed E-state index contributed by atoms with van der Waals surface area (Å²) in [5, 5.41) is 13.1. The van der Waals surface area contributed by atoms with E-state index in [1.165, 1.54) is 11.8 Å². The van der Waals surface area contributed by atoms with Gasteiger partial charge in [0.15, 0.2) is 16.7 Å². The van der Waals surface area contributed by atoms with Crippen molar-refractivity contribution in [3.05, 3.63) is 42.6 Å². The van der Waals surface area contributed by atoms with Crippen molar-refractivity contribution in [3.63, 3.8) is 0 Å². The SMILES string of the molecule is C=CCn1c(C)nnc1SCc1nc(-c2ccc3c(c2)OCO3)no1. The van der Waals surface area contributed by atoms with Crippen molar-refractivity contribution < 1.29 is 14.0 Å². The summed E-state index contributed by atoms with van der Waals surface area (Å²) in [5.41, 5.74) is 0.815. The van der Waals surface area contributed by atoms with E-state index in [2.05, 4.69) is 26.9 Å². The number of fused-ring (bicyclic) bond motifs is 1. The lowest BCUT2D eigenvalue weighted by Crippen LogP contribution is -2.00. The molecule has 0 radical (unpaired) electrons. The van der Waals surface area contributed by atoms with Crippen molar-refractivity contribution in [2.75, 3.05) is 6.79 Å². The predicted octanol–water partition coefficient (Wildman–Crippen LogP) is 2.84. The molecule has 0 saturated heterocycles. The van der Waals surface area contributed by atoms with E-state index in [0.29, 0.717) is 29.8 Å². The minimum Gasteiger partial charge on any atom is -0.454 e. The second-order valence-electron chi connectivity index (χ2n) is 5.30. The van der Waals surface area contributed by atoms with Crippen molar-refractivity contribution in [2.24, 2.45) is 0 Å². The number of hydrogen-bond acceptors (Lipinski definition) is 8. The van der Waals surface area contributed by atoms with Crippen LogP contribution in [0, 0.1) is 6.92 Å². The van der Waals surface area contributed by atoms with Crippen LogP contribution in [0.5, 0.6) is 11.5 Å². The van der Waals surface area contributed by atoms with Gasteiger partial charge in [0, 0.05) is 12.1 Å². The lowest BCUT2D eigenvalue weighted by molar-refractivity contribution is 0.174. The Morgan fingerprint density at radius 1 is 1.28 bits per heavy atom. The van der Waals surface area contributed by atoms with Gasteiger partial charge in [-0.2, -0.15) is 4.98 Å². The quantitative estimate of drug-likeness (QED) is 0.491. The van der Waals surface area contributed by atoms with Gasteiger partial charge in [-0.15, -0.1) is 16.8 Å². The molecule has 3 heterocycles. The molecule has 1 aromatic carbocycles. The van der Waals surface area contributed by atoms with Crippen molar-refractivity contribution in [1.82, 2.24) is 24.9 Å². The fourth-order valence-corrected chi connectivity index (χ4v) is 3.23. The van der Waals surface area contributed by atoms with Crippen LogP contribution in [0.2, 0.25) is 0 Å². The number of allylic oxidation sites excluding steroid dienone is 1. The Kier molecular flexibility index (Phi) is 4.14. The van der Waals surface area contributed by atoms with Gasteiger partial charge in [-0.05, 0) is 25.1 Å². The first-order chi connectivity index (χ1) is 12.2. The molecule has 1 aliphatic heterocycles. The van der Waals surface area contributed by atoms with E-state index in [0.717, 1.165) is 22.3 Å². The molecule has 1 aliphatic rings. The van der Waals surface area contributed by atoms with Gasteiger partial charge in [-0.1, -0.05) is 23.0 Å². The van der Waals surface area contributed by atoms with Crippen LogP contribution in [0.3, 0.4) is 0 Å². The second-order valence-corrected chi connectivity index (χ2v) is 6.24. The zero-order valence-corrected chi connectivity index (χ0v) is 14.3. The first kappa shape index (κ1) is 15.7. The molecule has 0 N–H and O–H groups in total. The normalized spacial score (nSPS) is 12.5. The summed E-state index contributed by atoms with van der Waals surface area (Å²) in [6, 6.07) is 5.55. The van der Waals surface area contributed by atoms with Crippen molar-refractivity contribution in [2.45, 2.75) is 24.4 Å². The summed E-state index contributed by atoms with van der Waals surface area (Å²) in [6.07, 6.45) is 1.81. The van der Waals surface area contributed by atoms with Crippen LogP contribution >= 0.6 is 11.8 Å². The minimum absolute atomic E-state index is 0.234. The van der Waals surface area contributed by atoms with Gasteiger partial charge in [0.25, 0.3) is 0 Å².